The quantitative estimate of drug-likeness (QED) is 0.716. The van der Waals surface area contributed by atoms with E-state index in [9.17, 15) is 4.79 Å². The van der Waals surface area contributed by atoms with Gasteiger partial charge in [0.15, 0.2) is 0 Å². The molecule has 5 heteroatoms. The minimum absolute atomic E-state index is 0.00641. The third kappa shape index (κ3) is 3.90. The zero-order valence-electron chi connectivity index (χ0n) is 17.6. The van der Waals surface area contributed by atoms with Crippen LogP contribution >= 0.6 is 0 Å². The van der Waals surface area contributed by atoms with Crippen LogP contribution in [0.2, 0.25) is 0 Å². The molecule has 5 nitrogen and oxygen atoms in total. The van der Waals surface area contributed by atoms with Crippen LogP contribution in [0.4, 0.5) is 11.4 Å². The SMILES string of the molecule is Cc1ccc(-n2nc(C)c(NC(=O)CN3CCCc4cc(C)ccc43)c2C)cc1. The molecule has 0 radical (unpaired) electrons. The molecule has 2 aromatic carbocycles. The second-order valence-corrected chi connectivity index (χ2v) is 8.00. The zero-order chi connectivity index (χ0) is 20.5. The summed E-state index contributed by atoms with van der Waals surface area (Å²) in [5, 5.41) is 7.75. The number of amides is 1. The summed E-state index contributed by atoms with van der Waals surface area (Å²) in [5.41, 5.74) is 8.56. The minimum atomic E-state index is -0.00641. The Morgan fingerprint density at radius 3 is 2.52 bits per heavy atom. The Balaban J connectivity index is 1.52. The summed E-state index contributed by atoms with van der Waals surface area (Å²) in [7, 11) is 0. The van der Waals surface area contributed by atoms with Gasteiger partial charge in [0, 0.05) is 12.2 Å². The van der Waals surface area contributed by atoms with Crippen LogP contribution in [-0.4, -0.2) is 28.8 Å². The smallest absolute Gasteiger partial charge is 0.243 e. The predicted octanol–water partition coefficient (Wildman–Crippen LogP) is 4.50. The molecule has 0 bridgehead atoms. The van der Waals surface area contributed by atoms with Crippen molar-refractivity contribution >= 4 is 17.3 Å². The van der Waals surface area contributed by atoms with Crippen LogP contribution < -0.4 is 10.2 Å². The fourth-order valence-electron chi connectivity index (χ4n) is 4.08. The van der Waals surface area contributed by atoms with Crippen molar-refractivity contribution in [3.05, 3.63) is 70.5 Å². The van der Waals surface area contributed by atoms with Gasteiger partial charge in [0.1, 0.15) is 0 Å². The lowest BCUT2D eigenvalue weighted by Crippen LogP contribution is -2.37. The molecule has 1 N–H and O–H groups in total. The van der Waals surface area contributed by atoms with Gasteiger partial charge in [-0.2, -0.15) is 5.10 Å². The highest BCUT2D eigenvalue weighted by atomic mass is 16.2. The average Bonchev–Trinajstić information content (AvgIpc) is 2.97. The van der Waals surface area contributed by atoms with Gasteiger partial charge in [-0.1, -0.05) is 35.4 Å². The number of anilines is 2. The van der Waals surface area contributed by atoms with Crippen LogP contribution in [0.25, 0.3) is 5.69 Å². The topological polar surface area (TPSA) is 50.2 Å². The Kier molecular flexibility index (Phi) is 5.14. The van der Waals surface area contributed by atoms with Gasteiger partial charge in [-0.05, 0) is 64.3 Å². The van der Waals surface area contributed by atoms with Gasteiger partial charge in [0.05, 0.1) is 29.3 Å². The molecule has 1 aliphatic rings. The molecule has 0 fully saturated rings. The minimum Gasteiger partial charge on any atom is -0.362 e. The van der Waals surface area contributed by atoms with Crippen LogP contribution in [0, 0.1) is 27.7 Å². The summed E-state index contributed by atoms with van der Waals surface area (Å²) < 4.78 is 1.89. The van der Waals surface area contributed by atoms with Crippen LogP contribution in [0.15, 0.2) is 42.5 Å². The molecule has 2 heterocycles. The number of nitrogens with one attached hydrogen (secondary N) is 1. The largest absolute Gasteiger partial charge is 0.362 e. The van der Waals surface area contributed by atoms with E-state index in [1.807, 2.05) is 30.7 Å². The van der Waals surface area contributed by atoms with E-state index < -0.39 is 0 Å². The molecule has 1 aromatic heterocycles. The molecule has 29 heavy (non-hydrogen) atoms. The Morgan fingerprint density at radius 1 is 1.03 bits per heavy atom. The normalized spacial score (nSPS) is 13.3. The summed E-state index contributed by atoms with van der Waals surface area (Å²) >= 11 is 0. The number of nitrogens with zero attached hydrogens (tertiary/aromatic N) is 3. The molecule has 0 saturated carbocycles. The number of aryl methyl sites for hydroxylation is 4. The third-order valence-electron chi connectivity index (χ3n) is 5.62. The molecule has 1 amide bonds. The van der Waals surface area contributed by atoms with Crippen molar-refractivity contribution in [2.75, 3.05) is 23.3 Å². The molecular weight excluding hydrogens is 360 g/mol. The molecule has 0 spiro atoms. The first-order valence-corrected chi connectivity index (χ1v) is 10.2. The summed E-state index contributed by atoms with van der Waals surface area (Å²) in [5.74, 6) is -0.00641. The van der Waals surface area contributed by atoms with Crippen molar-refractivity contribution in [2.24, 2.45) is 0 Å². The first-order valence-electron chi connectivity index (χ1n) is 10.2. The van der Waals surface area contributed by atoms with Gasteiger partial charge >= 0.3 is 0 Å². The number of benzene rings is 2. The Bertz CT molecular complexity index is 1050. The summed E-state index contributed by atoms with van der Waals surface area (Å²) in [6.45, 7) is 9.37. The van der Waals surface area contributed by atoms with Crippen LogP contribution in [0.1, 0.15) is 34.5 Å². The first-order chi connectivity index (χ1) is 13.9. The van der Waals surface area contributed by atoms with Crippen molar-refractivity contribution < 1.29 is 4.79 Å². The van der Waals surface area contributed by atoms with E-state index in [-0.39, 0.29) is 5.91 Å². The second-order valence-electron chi connectivity index (χ2n) is 8.00. The molecule has 0 aliphatic carbocycles. The Labute approximate surface area is 172 Å². The summed E-state index contributed by atoms with van der Waals surface area (Å²) in [6.07, 6.45) is 2.16. The van der Waals surface area contributed by atoms with Crippen molar-refractivity contribution in [1.29, 1.82) is 0 Å². The Morgan fingerprint density at radius 2 is 1.76 bits per heavy atom. The van der Waals surface area contributed by atoms with E-state index in [1.54, 1.807) is 0 Å². The number of carbonyl (C=O) groups excluding carboxylic acids is 1. The number of hydrogen-bond donors (Lipinski definition) is 1. The third-order valence-corrected chi connectivity index (χ3v) is 5.62. The highest BCUT2D eigenvalue weighted by Gasteiger charge is 2.21. The van der Waals surface area contributed by atoms with Gasteiger partial charge in [-0.15, -0.1) is 0 Å². The zero-order valence-corrected chi connectivity index (χ0v) is 17.6. The lowest BCUT2D eigenvalue weighted by Gasteiger charge is -2.31. The van der Waals surface area contributed by atoms with Crippen molar-refractivity contribution in [3.63, 3.8) is 0 Å². The Hall–Kier alpha value is -3.08. The van der Waals surface area contributed by atoms with Crippen molar-refractivity contribution in [2.45, 2.75) is 40.5 Å². The van der Waals surface area contributed by atoms with Crippen LogP contribution in [-0.2, 0) is 11.2 Å². The van der Waals surface area contributed by atoms with Crippen molar-refractivity contribution in [1.82, 2.24) is 9.78 Å². The van der Waals surface area contributed by atoms with Crippen molar-refractivity contribution in [3.8, 4) is 5.69 Å². The number of carbonyl (C=O) groups is 1. The van der Waals surface area contributed by atoms with Gasteiger partial charge < -0.3 is 10.2 Å². The standard InChI is InChI=1S/C24H28N4O/c1-16-7-10-21(11-8-16)28-19(4)24(18(3)26-28)25-23(29)15-27-13-5-6-20-14-17(2)9-12-22(20)27/h7-12,14H,5-6,13,15H2,1-4H3,(H,25,29). The highest BCUT2D eigenvalue weighted by molar-refractivity contribution is 5.95. The summed E-state index contributed by atoms with van der Waals surface area (Å²) in [6, 6.07) is 14.7. The van der Waals surface area contributed by atoms with Crippen LogP contribution in [0.5, 0.6) is 0 Å². The molecule has 1 aliphatic heterocycles. The van der Waals surface area contributed by atoms with Gasteiger partial charge in [-0.25, -0.2) is 4.68 Å². The van der Waals surface area contributed by atoms with E-state index >= 15 is 0 Å². The summed E-state index contributed by atoms with van der Waals surface area (Å²) in [4.78, 5) is 15.0. The molecular formula is C24H28N4O. The maximum Gasteiger partial charge on any atom is 0.243 e. The van der Waals surface area contributed by atoms with Gasteiger partial charge in [0.2, 0.25) is 5.91 Å². The molecule has 150 valence electrons. The van der Waals surface area contributed by atoms with Crippen LogP contribution in [0.3, 0.4) is 0 Å². The monoisotopic (exact) mass is 388 g/mol. The maximum absolute atomic E-state index is 12.9. The second kappa shape index (κ2) is 7.74. The first kappa shape index (κ1) is 19.2. The lowest BCUT2D eigenvalue weighted by molar-refractivity contribution is -0.115. The number of aromatic nitrogens is 2. The molecule has 3 aromatic rings. The maximum atomic E-state index is 12.9. The number of rotatable bonds is 4. The average molecular weight is 389 g/mol. The van der Waals surface area contributed by atoms with E-state index in [2.05, 4.69) is 59.5 Å². The van der Waals surface area contributed by atoms with E-state index in [1.165, 1.54) is 22.4 Å². The fraction of sp³-hybridized carbons (Fsp3) is 0.333. The fourth-order valence-corrected chi connectivity index (χ4v) is 4.08. The predicted molar refractivity (Wildman–Crippen MR) is 118 cm³/mol. The molecule has 0 atom stereocenters. The van der Waals surface area contributed by atoms with Gasteiger partial charge in [0.25, 0.3) is 0 Å². The molecule has 0 saturated heterocycles. The van der Waals surface area contributed by atoms with E-state index in [4.69, 9.17) is 0 Å². The highest BCUT2D eigenvalue weighted by Crippen LogP contribution is 2.28. The number of hydrogen-bond acceptors (Lipinski definition) is 3. The van der Waals surface area contributed by atoms with E-state index in [0.717, 1.165) is 42.1 Å². The van der Waals surface area contributed by atoms with E-state index in [0.29, 0.717) is 6.54 Å². The molecule has 0 unspecified atom stereocenters. The van der Waals surface area contributed by atoms with Gasteiger partial charge in [-0.3, -0.25) is 4.79 Å². The molecule has 4 rings (SSSR count). The lowest BCUT2D eigenvalue weighted by atomic mass is 9.99. The number of fused-ring (bicyclic) bond motifs is 1.